The Morgan fingerprint density at radius 3 is 2.84 bits per heavy atom. The fourth-order valence-electron chi connectivity index (χ4n) is 5.29. The lowest BCUT2D eigenvalue weighted by Crippen LogP contribution is -2.57. The van der Waals surface area contributed by atoms with Crippen LogP contribution in [0.4, 0.5) is 0 Å². The Bertz CT molecular complexity index is 771. The molecule has 1 aromatic rings. The lowest BCUT2D eigenvalue weighted by atomic mass is 9.52. The summed E-state index contributed by atoms with van der Waals surface area (Å²) < 4.78 is 5.21. The van der Waals surface area contributed by atoms with Gasteiger partial charge in [-0.3, -0.25) is 19.7 Å². The smallest absolute Gasteiger partial charge is 0.308 e. The molecule has 1 heterocycles. The summed E-state index contributed by atoms with van der Waals surface area (Å²) in [5, 5.41) is 2.53. The van der Waals surface area contributed by atoms with Crippen LogP contribution in [0.25, 0.3) is 0 Å². The summed E-state index contributed by atoms with van der Waals surface area (Å²) in [6, 6.07) is 5.90. The van der Waals surface area contributed by atoms with Crippen molar-refractivity contribution >= 4 is 17.8 Å². The van der Waals surface area contributed by atoms with Gasteiger partial charge in [-0.15, -0.1) is 0 Å². The highest BCUT2D eigenvalue weighted by Gasteiger charge is 2.54. The van der Waals surface area contributed by atoms with Gasteiger partial charge in [-0.1, -0.05) is 13.0 Å². The lowest BCUT2D eigenvalue weighted by Gasteiger charge is -2.52. The predicted octanol–water partition coefficient (Wildman–Crippen LogP) is 2.72. The molecule has 3 aliphatic rings. The molecule has 1 aliphatic heterocycles. The number of carbonyl (C=O) groups excluding carboxylic acids is 3. The zero-order chi connectivity index (χ0) is 17.8. The number of piperidine rings is 1. The third-order valence-electron chi connectivity index (χ3n) is 6.53. The van der Waals surface area contributed by atoms with Crippen LogP contribution in [0, 0.1) is 17.3 Å². The zero-order valence-corrected chi connectivity index (χ0v) is 14.6. The van der Waals surface area contributed by atoms with Crippen molar-refractivity contribution in [3.05, 3.63) is 29.3 Å². The third kappa shape index (κ3) is 2.57. The number of hydrogen-bond donors (Lipinski definition) is 1. The third-order valence-corrected chi connectivity index (χ3v) is 6.53. The summed E-state index contributed by atoms with van der Waals surface area (Å²) >= 11 is 0. The Morgan fingerprint density at radius 1 is 1.28 bits per heavy atom. The molecule has 4 rings (SSSR count). The van der Waals surface area contributed by atoms with Gasteiger partial charge in [0.1, 0.15) is 5.75 Å². The first kappa shape index (κ1) is 16.3. The molecule has 0 aromatic heterocycles. The number of esters is 1. The van der Waals surface area contributed by atoms with E-state index >= 15 is 0 Å². The van der Waals surface area contributed by atoms with Crippen LogP contribution in [0.5, 0.6) is 5.75 Å². The molecule has 2 fully saturated rings. The number of hydrogen-bond acceptors (Lipinski definition) is 4. The highest BCUT2D eigenvalue weighted by atomic mass is 16.5. The van der Waals surface area contributed by atoms with E-state index < -0.39 is 5.41 Å². The van der Waals surface area contributed by atoms with Gasteiger partial charge in [-0.05, 0) is 66.7 Å². The second-order valence-corrected chi connectivity index (χ2v) is 7.91. The Labute approximate surface area is 147 Å². The van der Waals surface area contributed by atoms with Gasteiger partial charge in [0.25, 0.3) is 0 Å². The molecule has 1 saturated carbocycles. The Kier molecular flexibility index (Phi) is 3.71. The summed E-state index contributed by atoms with van der Waals surface area (Å²) in [6.07, 6.45) is 4.09. The van der Waals surface area contributed by atoms with E-state index in [2.05, 4.69) is 11.4 Å². The predicted molar refractivity (Wildman–Crippen MR) is 90.9 cm³/mol. The SMILES string of the molecule is CC(=O)Oc1ccc2c(c1)CC[C@@H]1[C@@H]2CC[C@]2(C)C(=O)NC(=O)C[C@@H]12. The van der Waals surface area contributed by atoms with Gasteiger partial charge in [-0.25, -0.2) is 0 Å². The average Bonchev–Trinajstić information content (AvgIpc) is 2.55. The van der Waals surface area contributed by atoms with E-state index in [4.69, 9.17) is 4.74 Å². The van der Waals surface area contributed by atoms with Crippen molar-refractivity contribution < 1.29 is 19.1 Å². The molecule has 1 aromatic carbocycles. The van der Waals surface area contributed by atoms with Crippen molar-refractivity contribution in [1.29, 1.82) is 0 Å². The maximum atomic E-state index is 12.4. The van der Waals surface area contributed by atoms with Crippen molar-refractivity contribution in [2.45, 2.75) is 51.9 Å². The van der Waals surface area contributed by atoms with Crippen LogP contribution < -0.4 is 10.1 Å². The Balaban J connectivity index is 1.66. The molecule has 2 amide bonds. The summed E-state index contributed by atoms with van der Waals surface area (Å²) in [6.45, 7) is 3.43. The van der Waals surface area contributed by atoms with Crippen molar-refractivity contribution in [2.24, 2.45) is 17.3 Å². The molecule has 0 radical (unpaired) electrons. The van der Waals surface area contributed by atoms with E-state index in [-0.39, 0.29) is 23.7 Å². The van der Waals surface area contributed by atoms with E-state index in [9.17, 15) is 14.4 Å². The second kappa shape index (κ2) is 5.68. The molecule has 5 nitrogen and oxygen atoms in total. The van der Waals surface area contributed by atoms with Crippen molar-refractivity contribution in [3.8, 4) is 5.75 Å². The molecule has 0 unspecified atom stereocenters. The highest BCUT2D eigenvalue weighted by Crippen LogP contribution is 2.57. The molecule has 1 N–H and O–H groups in total. The molecule has 4 atom stereocenters. The Morgan fingerprint density at radius 2 is 2.08 bits per heavy atom. The summed E-state index contributed by atoms with van der Waals surface area (Å²) in [4.78, 5) is 35.6. The van der Waals surface area contributed by atoms with E-state index in [1.807, 2.05) is 19.1 Å². The van der Waals surface area contributed by atoms with Gasteiger partial charge in [0.2, 0.25) is 11.8 Å². The maximum absolute atomic E-state index is 12.4. The molecular formula is C20H23NO4. The fraction of sp³-hybridized carbons (Fsp3) is 0.550. The van der Waals surface area contributed by atoms with Gasteiger partial charge in [0, 0.05) is 13.3 Å². The number of benzene rings is 1. The van der Waals surface area contributed by atoms with Crippen LogP contribution in [0.15, 0.2) is 18.2 Å². The molecule has 2 aliphatic carbocycles. The van der Waals surface area contributed by atoms with Crippen LogP contribution >= 0.6 is 0 Å². The number of imide groups is 1. The quantitative estimate of drug-likeness (QED) is 0.484. The standard InChI is InChI=1S/C20H23NO4/c1-11(22)25-13-4-6-14-12(9-13)3-5-16-15(14)7-8-20(2)17(16)10-18(23)21-19(20)24/h4,6,9,15-17H,3,5,7-8,10H2,1-2H3,(H,21,23,24)/t15-,16-,17+,20+/m1/s1. The summed E-state index contributed by atoms with van der Waals surface area (Å²) in [7, 11) is 0. The summed E-state index contributed by atoms with van der Waals surface area (Å²) in [5.74, 6) is 0.917. The largest absolute Gasteiger partial charge is 0.427 e. The molecule has 132 valence electrons. The van der Waals surface area contributed by atoms with Crippen LogP contribution in [0.1, 0.15) is 56.6 Å². The first-order valence-electron chi connectivity index (χ1n) is 9.04. The van der Waals surface area contributed by atoms with Gasteiger partial charge >= 0.3 is 5.97 Å². The van der Waals surface area contributed by atoms with Gasteiger partial charge in [-0.2, -0.15) is 0 Å². The number of ether oxygens (including phenoxy) is 1. The molecule has 25 heavy (non-hydrogen) atoms. The number of fused-ring (bicyclic) bond motifs is 5. The highest BCUT2D eigenvalue weighted by molar-refractivity contribution is 6.01. The van der Waals surface area contributed by atoms with Crippen molar-refractivity contribution in [1.82, 2.24) is 5.32 Å². The monoisotopic (exact) mass is 341 g/mol. The first-order chi connectivity index (χ1) is 11.9. The van der Waals surface area contributed by atoms with Crippen molar-refractivity contribution in [3.63, 3.8) is 0 Å². The number of carbonyl (C=O) groups is 3. The lowest BCUT2D eigenvalue weighted by molar-refractivity contribution is -0.151. The number of aryl methyl sites for hydroxylation is 1. The van der Waals surface area contributed by atoms with E-state index in [1.165, 1.54) is 18.1 Å². The van der Waals surface area contributed by atoms with E-state index in [1.54, 1.807) is 0 Å². The van der Waals surface area contributed by atoms with Gasteiger partial charge in [0.05, 0.1) is 5.41 Å². The minimum atomic E-state index is -0.426. The molecule has 0 bridgehead atoms. The molecular weight excluding hydrogens is 318 g/mol. The zero-order valence-electron chi connectivity index (χ0n) is 14.6. The van der Waals surface area contributed by atoms with Crippen molar-refractivity contribution in [2.75, 3.05) is 0 Å². The second-order valence-electron chi connectivity index (χ2n) is 7.91. The number of rotatable bonds is 1. The van der Waals surface area contributed by atoms with Crippen LogP contribution in [-0.2, 0) is 20.8 Å². The fourth-order valence-corrected chi connectivity index (χ4v) is 5.29. The first-order valence-corrected chi connectivity index (χ1v) is 9.04. The molecule has 5 heteroatoms. The Hall–Kier alpha value is -2.17. The van der Waals surface area contributed by atoms with Crippen LogP contribution in [-0.4, -0.2) is 17.8 Å². The van der Waals surface area contributed by atoms with E-state index in [0.717, 1.165) is 25.7 Å². The van der Waals surface area contributed by atoms with E-state index in [0.29, 0.717) is 24.0 Å². The number of nitrogens with one attached hydrogen (secondary N) is 1. The molecule has 1 saturated heterocycles. The molecule has 0 spiro atoms. The van der Waals surface area contributed by atoms with Crippen LogP contribution in [0.3, 0.4) is 0 Å². The summed E-state index contributed by atoms with van der Waals surface area (Å²) in [5.41, 5.74) is 2.10. The topological polar surface area (TPSA) is 72.5 Å². The maximum Gasteiger partial charge on any atom is 0.308 e. The van der Waals surface area contributed by atoms with Gasteiger partial charge < -0.3 is 4.74 Å². The number of amides is 2. The van der Waals surface area contributed by atoms with Crippen LogP contribution in [0.2, 0.25) is 0 Å². The minimum absolute atomic E-state index is 0.0943. The normalized spacial score (nSPS) is 33.6. The van der Waals surface area contributed by atoms with Gasteiger partial charge in [0.15, 0.2) is 0 Å². The average molecular weight is 341 g/mol. The minimum Gasteiger partial charge on any atom is -0.427 e.